The van der Waals surface area contributed by atoms with Crippen molar-refractivity contribution in [1.29, 1.82) is 0 Å². The van der Waals surface area contributed by atoms with Crippen LogP contribution >= 0.6 is 31.9 Å². The lowest BCUT2D eigenvalue weighted by atomic mass is 10.5. The normalized spacial score (nSPS) is 9.73. The number of nitrogens with one attached hydrogen (secondary N) is 3. The van der Waals surface area contributed by atoms with Gasteiger partial charge in [-0.3, -0.25) is 9.59 Å². The van der Waals surface area contributed by atoms with E-state index in [2.05, 4.69) is 47.5 Å². The third kappa shape index (κ3) is 4.05. The topological polar surface area (TPSA) is 74.0 Å². The summed E-state index contributed by atoms with van der Waals surface area (Å²) in [5.74, 6) is 0.777. The third-order valence-electron chi connectivity index (χ3n) is 1.48. The quantitative estimate of drug-likeness (QED) is 0.731. The van der Waals surface area contributed by atoms with Crippen LogP contribution in [0.5, 0.6) is 0 Å². The van der Waals surface area contributed by atoms with Gasteiger partial charge in [0.2, 0.25) is 11.8 Å². The van der Waals surface area contributed by atoms with Gasteiger partial charge in [0.15, 0.2) is 0 Å². The highest BCUT2D eigenvalue weighted by atomic mass is 79.9. The van der Waals surface area contributed by atoms with E-state index in [4.69, 9.17) is 0 Å². The molecule has 82 valence electrons. The Morgan fingerprint density at radius 2 is 1.47 bits per heavy atom. The molecule has 5 nitrogen and oxygen atoms in total. The number of rotatable bonds is 4. The summed E-state index contributed by atoms with van der Waals surface area (Å²) in [5, 5.41) is 5.66. The average molecular weight is 339 g/mol. The summed E-state index contributed by atoms with van der Waals surface area (Å²) in [4.78, 5) is 24.8. The van der Waals surface area contributed by atoms with Crippen LogP contribution in [0.2, 0.25) is 0 Å². The van der Waals surface area contributed by atoms with Crippen LogP contribution in [0, 0.1) is 0 Å². The molecule has 3 N–H and O–H groups in total. The van der Waals surface area contributed by atoms with Crippen LogP contribution in [-0.4, -0.2) is 27.5 Å². The lowest BCUT2D eigenvalue weighted by Crippen LogP contribution is -2.14. The molecule has 7 heteroatoms. The molecule has 0 aliphatic carbocycles. The van der Waals surface area contributed by atoms with Crippen LogP contribution in [0.25, 0.3) is 0 Å². The van der Waals surface area contributed by atoms with E-state index in [0.717, 1.165) is 0 Å². The van der Waals surface area contributed by atoms with Crippen molar-refractivity contribution in [2.45, 2.75) is 0 Å². The number of hydrogen-bond donors (Lipinski definition) is 3. The Kier molecular flexibility index (Phi) is 4.83. The highest BCUT2D eigenvalue weighted by molar-refractivity contribution is 9.09. The van der Waals surface area contributed by atoms with E-state index in [-0.39, 0.29) is 22.5 Å². The highest BCUT2D eigenvalue weighted by Gasteiger charge is 2.04. The number of halogens is 2. The number of amides is 2. The summed E-state index contributed by atoms with van der Waals surface area (Å²) in [6.45, 7) is 0. The first-order valence-electron chi connectivity index (χ1n) is 4.06. The van der Waals surface area contributed by atoms with Gasteiger partial charge < -0.3 is 15.6 Å². The minimum atomic E-state index is -0.157. The number of aromatic nitrogens is 1. The molecule has 0 bridgehead atoms. The molecule has 0 spiro atoms. The van der Waals surface area contributed by atoms with Gasteiger partial charge in [-0.2, -0.15) is 0 Å². The minimum absolute atomic E-state index is 0.157. The molecule has 1 aromatic heterocycles. The predicted molar refractivity (Wildman–Crippen MR) is 65.6 cm³/mol. The highest BCUT2D eigenvalue weighted by Crippen LogP contribution is 2.12. The van der Waals surface area contributed by atoms with Crippen LogP contribution in [0.4, 0.5) is 11.6 Å². The minimum Gasteiger partial charge on any atom is -0.328 e. The van der Waals surface area contributed by atoms with Gasteiger partial charge >= 0.3 is 0 Å². The van der Waals surface area contributed by atoms with E-state index in [1.807, 2.05) is 0 Å². The molecule has 0 saturated carbocycles. The molecule has 0 aliphatic rings. The van der Waals surface area contributed by atoms with E-state index in [9.17, 15) is 9.59 Å². The fourth-order valence-corrected chi connectivity index (χ4v) is 1.19. The largest absolute Gasteiger partial charge is 0.328 e. The van der Waals surface area contributed by atoms with Gasteiger partial charge in [-0.1, -0.05) is 31.9 Å². The zero-order valence-electron chi connectivity index (χ0n) is 7.64. The zero-order chi connectivity index (χ0) is 11.3. The second-order valence-electron chi connectivity index (χ2n) is 2.65. The maximum Gasteiger partial charge on any atom is 0.236 e. The molecule has 1 rings (SSSR count). The van der Waals surface area contributed by atoms with E-state index in [1.165, 1.54) is 0 Å². The standard InChI is InChI=1S/C8H9Br2N3O2/c9-3-7(14)12-5-1-2-6(11-5)13-8(15)4-10/h1-2,11H,3-4H2,(H,12,14)(H,13,15). The number of alkyl halides is 2. The molecule has 2 amide bonds. The average Bonchev–Trinajstić information content (AvgIpc) is 2.65. The first-order valence-corrected chi connectivity index (χ1v) is 6.30. The summed E-state index contributed by atoms with van der Waals surface area (Å²) < 4.78 is 0. The third-order valence-corrected chi connectivity index (χ3v) is 2.50. The number of hydrogen-bond acceptors (Lipinski definition) is 2. The molecule has 1 aromatic rings. The van der Waals surface area contributed by atoms with Crippen molar-refractivity contribution >= 4 is 55.3 Å². The van der Waals surface area contributed by atoms with E-state index < -0.39 is 0 Å². The Bertz CT molecular complexity index is 332. The summed E-state index contributed by atoms with van der Waals surface area (Å²) in [6.07, 6.45) is 0. The number of H-pyrrole nitrogens is 1. The summed E-state index contributed by atoms with van der Waals surface area (Å²) in [5.41, 5.74) is 0. The Hall–Kier alpha value is -0.820. The molecule has 0 aliphatic heterocycles. The van der Waals surface area contributed by atoms with Gasteiger partial charge in [0.05, 0.1) is 10.7 Å². The zero-order valence-corrected chi connectivity index (χ0v) is 10.8. The molecule has 0 radical (unpaired) electrons. The second kappa shape index (κ2) is 5.92. The SMILES string of the molecule is O=C(CBr)Nc1ccc(NC(=O)CBr)[nH]1. The van der Waals surface area contributed by atoms with E-state index in [1.54, 1.807) is 12.1 Å². The van der Waals surface area contributed by atoms with Crippen LogP contribution in [0.1, 0.15) is 0 Å². The van der Waals surface area contributed by atoms with Gasteiger partial charge in [-0.15, -0.1) is 0 Å². The second-order valence-corrected chi connectivity index (χ2v) is 3.77. The molecule has 0 unspecified atom stereocenters. The predicted octanol–water partition coefficient (Wildman–Crippen LogP) is 1.68. The Morgan fingerprint density at radius 1 is 1.07 bits per heavy atom. The first-order chi connectivity index (χ1) is 7.15. The molecule has 0 fully saturated rings. The van der Waals surface area contributed by atoms with Crippen LogP contribution in [0.15, 0.2) is 12.1 Å². The van der Waals surface area contributed by atoms with Crippen molar-refractivity contribution in [3.05, 3.63) is 12.1 Å². The van der Waals surface area contributed by atoms with Crippen LogP contribution in [0.3, 0.4) is 0 Å². The Morgan fingerprint density at radius 3 is 1.80 bits per heavy atom. The molecule has 0 atom stereocenters. The monoisotopic (exact) mass is 337 g/mol. The number of carbonyl (C=O) groups excluding carboxylic acids is 2. The Labute approximate surface area is 103 Å². The van der Waals surface area contributed by atoms with Gasteiger partial charge in [0.25, 0.3) is 0 Å². The smallest absolute Gasteiger partial charge is 0.236 e. The number of anilines is 2. The number of carbonyl (C=O) groups is 2. The van der Waals surface area contributed by atoms with E-state index in [0.29, 0.717) is 11.6 Å². The lowest BCUT2D eigenvalue weighted by molar-refractivity contribution is -0.114. The van der Waals surface area contributed by atoms with Gasteiger partial charge in [-0.25, -0.2) is 0 Å². The fraction of sp³-hybridized carbons (Fsp3) is 0.250. The fourth-order valence-electron chi connectivity index (χ4n) is 0.908. The summed E-state index contributed by atoms with van der Waals surface area (Å²) in [6, 6.07) is 3.34. The first kappa shape index (κ1) is 12.3. The molecular weight excluding hydrogens is 330 g/mol. The van der Waals surface area contributed by atoms with Crippen molar-refractivity contribution < 1.29 is 9.59 Å². The van der Waals surface area contributed by atoms with Crippen molar-refractivity contribution in [3.8, 4) is 0 Å². The molecular formula is C8H9Br2N3O2. The summed E-state index contributed by atoms with van der Waals surface area (Å²) in [7, 11) is 0. The molecule has 15 heavy (non-hydrogen) atoms. The van der Waals surface area contributed by atoms with Crippen molar-refractivity contribution in [2.75, 3.05) is 21.3 Å². The van der Waals surface area contributed by atoms with Gasteiger partial charge in [-0.05, 0) is 12.1 Å². The van der Waals surface area contributed by atoms with Gasteiger partial charge in [0.1, 0.15) is 11.6 Å². The Balaban J connectivity index is 2.56. The van der Waals surface area contributed by atoms with Gasteiger partial charge in [0, 0.05) is 0 Å². The maximum atomic E-state index is 11.0. The molecule has 1 heterocycles. The lowest BCUT2D eigenvalue weighted by Gasteiger charge is -2.00. The van der Waals surface area contributed by atoms with Crippen molar-refractivity contribution in [3.63, 3.8) is 0 Å². The van der Waals surface area contributed by atoms with Crippen molar-refractivity contribution in [1.82, 2.24) is 4.98 Å². The van der Waals surface area contributed by atoms with Crippen LogP contribution in [-0.2, 0) is 9.59 Å². The van der Waals surface area contributed by atoms with Crippen molar-refractivity contribution in [2.24, 2.45) is 0 Å². The molecule has 0 saturated heterocycles. The van der Waals surface area contributed by atoms with E-state index >= 15 is 0 Å². The van der Waals surface area contributed by atoms with Crippen LogP contribution < -0.4 is 10.6 Å². The summed E-state index contributed by atoms with van der Waals surface area (Å²) >= 11 is 6.06. The number of aromatic amines is 1. The maximum absolute atomic E-state index is 11.0. The molecule has 0 aromatic carbocycles.